The zero-order chi connectivity index (χ0) is 12.7. The fourth-order valence-corrected chi connectivity index (χ4v) is 2.83. The molecule has 3 heteroatoms. The van der Waals surface area contributed by atoms with Crippen LogP contribution in [0.5, 0.6) is 0 Å². The van der Waals surface area contributed by atoms with E-state index in [-0.39, 0.29) is 11.9 Å². The summed E-state index contributed by atoms with van der Waals surface area (Å²) in [4.78, 5) is 11.3. The Morgan fingerprint density at radius 1 is 1.33 bits per heavy atom. The summed E-state index contributed by atoms with van der Waals surface area (Å²) in [5, 5.41) is 2.91. The van der Waals surface area contributed by atoms with E-state index in [0.717, 1.165) is 18.0 Å². The summed E-state index contributed by atoms with van der Waals surface area (Å²) in [5.41, 5.74) is 9.75. The van der Waals surface area contributed by atoms with Gasteiger partial charge in [0, 0.05) is 18.2 Å². The minimum Gasteiger partial charge on any atom is -0.326 e. The Bertz CT molecular complexity index is 479. The molecule has 0 aromatic heterocycles. The van der Waals surface area contributed by atoms with Crippen molar-refractivity contribution in [2.75, 3.05) is 5.32 Å². The number of carbonyl (C=O) groups excluding carboxylic acids is 1. The average molecular weight is 244 g/mol. The van der Waals surface area contributed by atoms with Gasteiger partial charge in [0.05, 0.1) is 0 Å². The Labute approximate surface area is 108 Å². The highest BCUT2D eigenvalue weighted by atomic mass is 16.1. The number of nitrogens with two attached hydrogens (primary N) is 1. The third-order valence-corrected chi connectivity index (χ3v) is 4.34. The maximum absolute atomic E-state index is 11.3. The van der Waals surface area contributed by atoms with E-state index in [0.29, 0.717) is 12.3 Å². The monoisotopic (exact) mass is 244 g/mol. The van der Waals surface area contributed by atoms with Crippen LogP contribution in [0.2, 0.25) is 0 Å². The molecule has 1 fully saturated rings. The van der Waals surface area contributed by atoms with E-state index in [1.54, 1.807) is 0 Å². The van der Waals surface area contributed by atoms with E-state index in [1.165, 1.54) is 24.0 Å². The van der Waals surface area contributed by atoms with E-state index in [9.17, 15) is 4.79 Å². The van der Waals surface area contributed by atoms with Crippen LogP contribution in [0.15, 0.2) is 18.2 Å². The number of benzene rings is 1. The number of hydrogen-bond acceptors (Lipinski definition) is 2. The standard InChI is InChI=1S/C15H20N2O/c1-9(10-2-3-10)15(16)12-4-6-13-11(8-12)5-7-14(18)17-13/h4,6,8-10,15H,2-3,5,7,16H2,1H3,(H,17,18). The van der Waals surface area contributed by atoms with Gasteiger partial charge in [0.1, 0.15) is 0 Å². The number of nitrogens with one attached hydrogen (secondary N) is 1. The zero-order valence-electron chi connectivity index (χ0n) is 10.8. The second kappa shape index (κ2) is 4.39. The summed E-state index contributed by atoms with van der Waals surface area (Å²) in [5.74, 6) is 1.49. The summed E-state index contributed by atoms with van der Waals surface area (Å²) < 4.78 is 0. The van der Waals surface area contributed by atoms with Gasteiger partial charge in [-0.15, -0.1) is 0 Å². The highest BCUT2D eigenvalue weighted by molar-refractivity contribution is 5.93. The van der Waals surface area contributed by atoms with Crippen LogP contribution in [0.4, 0.5) is 5.69 Å². The third kappa shape index (κ3) is 2.15. The molecule has 1 aromatic rings. The van der Waals surface area contributed by atoms with Crippen molar-refractivity contribution in [1.82, 2.24) is 0 Å². The predicted octanol–water partition coefficient (Wildman–Crippen LogP) is 2.62. The molecule has 3 nitrogen and oxygen atoms in total. The van der Waals surface area contributed by atoms with Gasteiger partial charge in [-0.3, -0.25) is 4.79 Å². The molecule has 0 bridgehead atoms. The molecule has 1 heterocycles. The average Bonchev–Trinajstić information content (AvgIpc) is 3.20. The van der Waals surface area contributed by atoms with Gasteiger partial charge in [-0.2, -0.15) is 0 Å². The van der Waals surface area contributed by atoms with Crippen LogP contribution < -0.4 is 11.1 Å². The second-order valence-corrected chi connectivity index (χ2v) is 5.69. The van der Waals surface area contributed by atoms with Crippen LogP contribution in [0.1, 0.15) is 43.4 Å². The van der Waals surface area contributed by atoms with E-state index in [4.69, 9.17) is 5.73 Å². The maximum atomic E-state index is 11.3. The van der Waals surface area contributed by atoms with E-state index >= 15 is 0 Å². The van der Waals surface area contributed by atoms with Crippen LogP contribution in [-0.4, -0.2) is 5.91 Å². The van der Waals surface area contributed by atoms with E-state index in [1.807, 2.05) is 6.07 Å². The molecule has 0 spiro atoms. The number of carbonyl (C=O) groups is 1. The first-order valence-electron chi connectivity index (χ1n) is 6.83. The highest BCUT2D eigenvalue weighted by Crippen LogP contribution is 2.42. The first-order valence-corrected chi connectivity index (χ1v) is 6.83. The molecule has 2 atom stereocenters. The molecule has 3 rings (SSSR count). The minimum absolute atomic E-state index is 0.117. The van der Waals surface area contributed by atoms with Gasteiger partial charge in [0.2, 0.25) is 5.91 Å². The van der Waals surface area contributed by atoms with E-state index in [2.05, 4.69) is 24.4 Å². The van der Waals surface area contributed by atoms with Crippen molar-refractivity contribution in [1.29, 1.82) is 0 Å². The normalized spacial score (nSPS) is 22.0. The lowest BCUT2D eigenvalue weighted by molar-refractivity contribution is -0.116. The van der Waals surface area contributed by atoms with Gasteiger partial charge < -0.3 is 11.1 Å². The first-order chi connectivity index (χ1) is 8.65. The fourth-order valence-electron chi connectivity index (χ4n) is 2.83. The van der Waals surface area contributed by atoms with Crippen LogP contribution >= 0.6 is 0 Å². The van der Waals surface area contributed by atoms with E-state index < -0.39 is 0 Å². The minimum atomic E-state index is 0.117. The molecular formula is C15H20N2O. The molecule has 1 saturated carbocycles. The molecule has 1 aliphatic heterocycles. The number of anilines is 1. The molecule has 1 amide bonds. The molecular weight excluding hydrogens is 224 g/mol. The highest BCUT2D eigenvalue weighted by Gasteiger charge is 2.32. The van der Waals surface area contributed by atoms with Gasteiger partial charge in [0.15, 0.2) is 0 Å². The van der Waals surface area contributed by atoms with Crippen molar-refractivity contribution in [3.63, 3.8) is 0 Å². The van der Waals surface area contributed by atoms with Gasteiger partial charge in [-0.25, -0.2) is 0 Å². The van der Waals surface area contributed by atoms with Crippen LogP contribution in [0.25, 0.3) is 0 Å². The lowest BCUT2D eigenvalue weighted by Gasteiger charge is -2.23. The molecule has 0 radical (unpaired) electrons. The van der Waals surface area contributed by atoms with Crippen molar-refractivity contribution in [3.05, 3.63) is 29.3 Å². The fraction of sp³-hybridized carbons (Fsp3) is 0.533. The van der Waals surface area contributed by atoms with Crippen molar-refractivity contribution in [3.8, 4) is 0 Å². The smallest absolute Gasteiger partial charge is 0.224 e. The molecule has 1 aliphatic carbocycles. The van der Waals surface area contributed by atoms with Crippen molar-refractivity contribution >= 4 is 11.6 Å². The molecule has 3 N–H and O–H groups in total. The number of aryl methyl sites for hydroxylation is 1. The van der Waals surface area contributed by atoms with Gasteiger partial charge in [0.25, 0.3) is 0 Å². The second-order valence-electron chi connectivity index (χ2n) is 5.69. The summed E-state index contributed by atoms with van der Waals surface area (Å²) in [6.45, 7) is 2.25. The Hall–Kier alpha value is -1.35. The van der Waals surface area contributed by atoms with Gasteiger partial charge >= 0.3 is 0 Å². The Morgan fingerprint density at radius 2 is 2.11 bits per heavy atom. The largest absolute Gasteiger partial charge is 0.326 e. The molecule has 2 unspecified atom stereocenters. The number of hydrogen-bond donors (Lipinski definition) is 2. The predicted molar refractivity (Wildman–Crippen MR) is 72.2 cm³/mol. The van der Waals surface area contributed by atoms with Gasteiger partial charge in [-0.1, -0.05) is 19.1 Å². The molecule has 0 saturated heterocycles. The lowest BCUT2D eigenvalue weighted by Crippen LogP contribution is -2.22. The van der Waals surface area contributed by atoms with Crippen molar-refractivity contribution < 1.29 is 4.79 Å². The summed E-state index contributed by atoms with van der Waals surface area (Å²) in [6, 6.07) is 6.37. The zero-order valence-corrected chi connectivity index (χ0v) is 10.8. The molecule has 18 heavy (non-hydrogen) atoms. The van der Waals surface area contributed by atoms with Crippen LogP contribution in [0, 0.1) is 11.8 Å². The topological polar surface area (TPSA) is 55.1 Å². The van der Waals surface area contributed by atoms with Crippen LogP contribution in [-0.2, 0) is 11.2 Å². The summed E-state index contributed by atoms with van der Waals surface area (Å²) in [6.07, 6.45) is 4.08. The number of amides is 1. The Balaban J connectivity index is 1.83. The summed E-state index contributed by atoms with van der Waals surface area (Å²) >= 11 is 0. The van der Waals surface area contributed by atoms with Crippen molar-refractivity contribution in [2.45, 2.75) is 38.6 Å². The molecule has 96 valence electrons. The number of fused-ring (bicyclic) bond motifs is 1. The van der Waals surface area contributed by atoms with Crippen LogP contribution in [0.3, 0.4) is 0 Å². The quantitative estimate of drug-likeness (QED) is 0.858. The summed E-state index contributed by atoms with van der Waals surface area (Å²) in [7, 11) is 0. The lowest BCUT2D eigenvalue weighted by atomic mass is 9.89. The maximum Gasteiger partial charge on any atom is 0.224 e. The SMILES string of the molecule is CC(C1CC1)C(N)c1ccc2c(c1)CCC(=O)N2. The molecule has 1 aromatic carbocycles. The Kier molecular flexibility index (Phi) is 2.86. The van der Waals surface area contributed by atoms with Crippen molar-refractivity contribution in [2.24, 2.45) is 17.6 Å². The number of rotatable bonds is 3. The van der Waals surface area contributed by atoms with Gasteiger partial charge in [-0.05, 0) is 48.3 Å². The third-order valence-electron chi connectivity index (χ3n) is 4.34. The Morgan fingerprint density at radius 3 is 2.83 bits per heavy atom. The molecule has 2 aliphatic rings. The first kappa shape index (κ1) is 11.7.